The third-order valence-electron chi connectivity index (χ3n) is 2.73. The van der Waals surface area contributed by atoms with Gasteiger partial charge in [0.2, 0.25) is 0 Å². The molecule has 0 aromatic heterocycles. The highest BCUT2D eigenvalue weighted by Gasteiger charge is 2.14. The lowest BCUT2D eigenvalue weighted by Gasteiger charge is -2.06. The van der Waals surface area contributed by atoms with E-state index in [1.54, 1.807) is 0 Å². The maximum atomic E-state index is 11.7. The number of aryl methyl sites for hydroxylation is 1. The topological polar surface area (TPSA) is 29.1 Å². The second kappa shape index (κ2) is 3.93. The largest absolute Gasteiger partial charge is 0.312 e. The van der Waals surface area contributed by atoms with Crippen LogP contribution in [0.5, 0.6) is 0 Å². The molecule has 2 rings (SSSR count). The molecule has 0 bridgehead atoms. The smallest absolute Gasteiger partial charge is 0.164 e. The number of benzene rings is 1. The molecule has 2 nitrogen and oxygen atoms in total. The van der Waals surface area contributed by atoms with Crippen molar-refractivity contribution < 1.29 is 4.79 Å². The van der Waals surface area contributed by atoms with E-state index < -0.39 is 0 Å². The van der Waals surface area contributed by atoms with Crippen LogP contribution in [0.3, 0.4) is 0 Å². The van der Waals surface area contributed by atoms with Gasteiger partial charge in [-0.1, -0.05) is 19.1 Å². The molecule has 1 aliphatic heterocycles. The summed E-state index contributed by atoms with van der Waals surface area (Å²) in [4.78, 5) is 11.7. The number of nitrogens with one attached hydrogen (secondary N) is 1. The lowest BCUT2D eigenvalue weighted by atomic mass is 9.99. The van der Waals surface area contributed by atoms with Crippen molar-refractivity contribution in [1.29, 1.82) is 0 Å². The average molecular weight is 189 g/mol. The number of hydrogen-bond donors (Lipinski definition) is 1. The second-order valence-corrected chi connectivity index (χ2v) is 3.70. The molecule has 2 heteroatoms. The summed E-state index contributed by atoms with van der Waals surface area (Å²) in [5.41, 5.74) is 3.32. The van der Waals surface area contributed by atoms with Crippen molar-refractivity contribution in [2.24, 2.45) is 0 Å². The van der Waals surface area contributed by atoms with Crippen LogP contribution in [-0.4, -0.2) is 12.3 Å². The summed E-state index contributed by atoms with van der Waals surface area (Å²) < 4.78 is 0. The van der Waals surface area contributed by atoms with Crippen LogP contribution in [0.25, 0.3) is 0 Å². The fourth-order valence-electron chi connectivity index (χ4n) is 1.82. The molecule has 1 aliphatic rings. The number of carbonyl (C=O) groups excluding carboxylic acids is 1. The van der Waals surface area contributed by atoms with E-state index in [2.05, 4.69) is 24.4 Å². The normalized spacial score (nSPS) is 16.2. The van der Waals surface area contributed by atoms with Crippen molar-refractivity contribution in [1.82, 2.24) is 5.32 Å². The van der Waals surface area contributed by atoms with Crippen LogP contribution >= 0.6 is 0 Å². The van der Waals surface area contributed by atoms with Crippen LogP contribution in [0.4, 0.5) is 0 Å². The predicted octanol–water partition coefficient (Wildman–Crippen LogP) is 1.93. The van der Waals surface area contributed by atoms with Gasteiger partial charge in [0.1, 0.15) is 0 Å². The van der Waals surface area contributed by atoms with Crippen molar-refractivity contribution in [3.8, 4) is 0 Å². The number of carbonyl (C=O) groups is 1. The lowest BCUT2D eigenvalue weighted by Crippen LogP contribution is -2.12. The summed E-state index contributed by atoms with van der Waals surface area (Å²) in [7, 11) is 0. The van der Waals surface area contributed by atoms with Crippen LogP contribution in [0.2, 0.25) is 0 Å². The quantitative estimate of drug-likeness (QED) is 0.731. The zero-order valence-corrected chi connectivity index (χ0v) is 8.47. The van der Waals surface area contributed by atoms with Gasteiger partial charge in [-0.15, -0.1) is 0 Å². The molecule has 1 aromatic carbocycles. The Morgan fingerprint density at radius 2 is 2.29 bits per heavy atom. The van der Waals surface area contributed by atoms with Crippen molar-refractivity contribution >= 4 is 5.78 Å². The molecule has 0 fully saturated rings. The maximum absolute atomic E-state index is 11.7. The first kappa shape index (κ1) is 9.41. The van der Waals surface area contributed by atoms with Gasteiger partial charge in [-0.25, -0.2) is 0 Å². The van der Waals surface area contributed by atoms with E-state index in [4.69, 9.17) is 0 Å². The van der Waals surface area contributed by atoms with Gasteiger partial charge in [-0.05, 0) is 23.6 Å². The highest BCUT2D eigenvalue weighted by atomic mass is 16.1. The lowest BCUT2D eigenvalue weighted by molar-refractivity contribution is 0.0985. The number of ketones is 1. The predicted molar refractivity (Wildman–Crippen MR) is 56.5 cm³/mol. The average Bonchev–Trinajstić information content (AvgIpc) is 2.40. The van der Waals surface area contributed by atoms with Crippen molar-refractivity contribution in [3.63, 3.8) is 0 Å². The third-order valence-corrected chi connectivity index (χ3v) is 2.73. The standard InChI is InChI=1S/C12H15NO/c1-2-9-3-4-10-8-13-6-5-12(14)11(10)7-9/h3-4,7,13H,2,5-6,8H2,1H3. The maximum Gasteiger partial charge on any atom is 0.164 e. The molecule has 0 amide bonds. The molecule has 0 atom stereocenters. The first-order valence-corrected chi connectivity index (χ1v) is 5.17. The molecule has 0 radical (unpaired) electrons. The first-order chi connectivity index (χ1) is 6.81. The summed E-state index contributed by atoms with van der Waals surface area (Å²) in [6, 6.07) is 6.23. The van der Waals surface area contributed by atoms with E-state index in [1.807, 2.05) is 6.07 Å². The molecule has 14 heavy (non-hydrogen) atoms. The molecule has 0 saturated carbocycles. The number of fused-ring (bicyclic) bond motifs is 1. The summed E-state index contributed by atoms with van der Waals surface area (Å²) in [5.74, 6) is 0.278. The number of Topliss-reactive ketones (excluding diaryl/α,β-unsaturated/α-hetero) is 1. The summed E-state index contributed by atoms with van der Waals surface area (Å²) in [5, 5.41) is 3.25. The van der Waals surface area contributed by atoms with E-state index in [0.717, 1.165) is 30.6 Å². The highest BCUT2D eigenvalue weighted by Crippen LogP contribution is 2.16. The van der Waals surface area contributed by atoms with Crippen LogP contribution in [0.15, 0.2) is 18.2 Å². The van der Waals surface area contributed by atoms with Gasteiger partial charge >= 0.3 is 0 Å². The van der Waals surface area contributed by atoms with Crippen LogP contribution < -0.4 is 5.32 Å². The number of hydrogen-bond acceptors (Lipinski definition) is 2. The monoisotopic (exact) mass is 189 g/mol. The summed E-state index contributed by atoms with van der Waals surface area (Å²) in [6.07, 6.45) is 1.62. The van der Waals surface area contributed by atoms with Gasteiger partial charge in [0.05, 0.1) is 0 Å². The van der Waals surface area contributed by atoms with Crippen molar-refractivity contribution in [3.05, 3.63) is 34.9 Å². The van der Waals surface area contributed by atoms with E-state index in [0.29, 0.717) is 6.42 Å². The van der Waals surface area contributed by atoms with Crippen LogP contribution in [-0.2, 0) is 13.0 Å². The Bertz CT molecular complexity index is 357. The molecule has 1 N–H and O–H groups in total. The Morgan fingerprint density at radius 3 is 3.07 bits per heavy atom. The minimum atomic E-state index is 0.278. The van der Waals surface area contributed by atoms with E-state index in [9.17, 15) is 4.79 Å². The minimum Gasteiger partial charge on any atom is -0.312 e. The molecule has 74 valence electrons. The fourth-order valence-corrected chi connectivity index (χ4v) is 1.82. The Labute approximate surface area is 84.3 Å². The van der Waals surface area contributed by atoms with Crippen molar-refractivity contribution in [2.75, 3.05) is 6.54 Å². The first-order valence-electron chi connectivity index (χ1n) is 5.17. The summed E-state index contributed by atoms with van der Waals surface area (Å²) >= 11 is 0. The van der Waals surface area contributed by atoms with E-state index in [-0.39, 0.29) is 5.78 Å². The highest BCUT2D eigenvalue weighted by molar-refractivity contribution is 5.98. The molecule has 0 spiro atoms. The second-order valence-electron chi connectivity index (χ2n) is 3.70. The fraction of sp³-hybridized carbons (Fsp3) is 0.417. The minimum absolute atomic E-state index is 0.278. The van der Waals surface area contributed by atoms with Gasteiger partial charge in [0.25, 0.3) is 0 Å². The van der Waals surface area contributed by atoms with Crippen molar-refractivity contribution in [2.45, 2.75) is 26.3 Å². The molecular formula is C12H15NO. The zero-order chi connectivity index (χ0) is 9.97. The third kappa shape index (κ3) is 1.70. The Balaban J connectivity index is 2.44. The van der Waals surface area contributed by atoms with Gasteiger partial charge in [-0.2, -0.15) is 0 Å². The van der Waals surface area contributed by atoms with E-state index in [1.165, 1.54) is 5.56 Å². The molecule has 0 aliphatic carbocycles. The summed E-state index contributed by atoms with van der Waals surface area (Å²) in [6.45, 7) is 3.74. The molecule has 1 heterocycles. The molecule has 1 aromatic rings. The Hall–Kier alpha value is -1.15. The van der Waals surface area contributed by atoms with Gasteiger partial charge < -0.3 is 5.32 Å². The van der Waals surface area contributed by atoms with Gasteiger partial charge in [0, 0.05) is 25.1 Å². The molecule has 0 unspecified atom stereocenters. The SMILES string of the molecule is CCc1ccc2c(c1)C(=O)CCNC2. The van der Waals surface area contributed by atoms with Crippen LogP contribution in [0.1, 0.15) is 34.8 Å². The Kier molecular flexibility index (Phi) is 2.64. The molecular weight excluding hydrogens is 174 g/mol. The van der Waals surface area contributed by atoms with Crippen LogP contribution in [0, 0.1) is 0 Å². The van der Waals surface area contributed by atoms with E-state index >= 15 is 0 Å². The zero-order valence-electron chi connectivity index (χ0n) is 8.47. The van der Waals surface area contributed by atoms with Gasteiger partial charge in [-0.3, -0.25) is 4.79 Å². The molecule has 0 saturated heterocycles. The number of rotatable bonds is 1. The Morgan fingerprint density at radius 1 is 1.43 bits per heavy atom. The van der Waals surface area contributed by atoms with Gasteiger partial charge in [0.15, 0.2) is 5.78 Å².